The zero-order chi connectivity index (χ0) is 20.3. The van der Waals surface area contributed by atoms with Crippen LogP contribution in [0.5, 0.6) is 0 Å². The second-order valence-corrected chi connectivity index (χ2v) is 6.62. The molecule has 0 aliphatic rings. The first-order valence-corrected chi connectivity index (χ1v) is 9.75. The zero-order valence-electron chi connectivity index (χ0n) is 16.3. The van der Waals surface area contributed by atoms with Gasteiger partial charge < -0.3 is 15.0 Å². The fourth-order valence-electron chi connectivity index (χ4n) is 2.78. The van der Waals surface area contributed by atoms with Crippen LogP contribution in [0.3, 0.4) is 0 Å². The Hall–Kier alpha value is -3.22. The van der Waals surface area contributed by atoms with Crippen molar-refractivity contribution in [3.8, 4) is 0 Å². The Balaban J connectivity index is 1.71. The lowest BCUT2D eigenvalue weighted by Crippen LogP contribution is -2.34. The Labute approximate surface area is 177 Å². The summed E-state index contributed by atoms with van der Waals surface area (Å²) in [5.41, 5.74) is 7.06. The lowest BCUT2D eigenvalue weighted by Gasteiger charge is -2.25. The van der Waals surface area contributed by atoms with Gasteiger partial charge in [0.2, 0.25) is 0 Å². The molecule has 6 heteroatoms. The van der Waals surface area contributed by atoms with E-state index in [1.165, 1.54) is 0 Å². The van der Waals surface area contributed by atoms with Crippen molar-refractivity contribution in [3.63, 3.8) is 0 Å². The summed E-state index contributed by atoms with van der Waals surface area (Å²) in [5, 5.41) is 7.65. The maximum Gasteiger partial charge on any atom is 0.187 e. The third kappa shape index (κ3) is 6.14. The summed E-state index contributed by atoms with van der Waals surface area (Å²) in [4.78, 5) is 2.22. The van der Waals surface area contributed by atoms with E-state index in [9.17, 15) is 0 Å². The Morgan fingerprint density at radius 2 is 1.45 bits per heavy atom. The molecule has 0 aromatic heterocycles. The van der Waals surface area contributed by atoms with Gasteiger partial charge in [-0.2, -0.15) is 5.10 Å². The predicted molar refractivity (Wildman–Crippen MR) is 124 cm³/mol. The van der Waals surface area contributed by atoms with Crippen LogP contribution in [-0.4, -0.2) is 31.6 Å². The van der Waals surface area contributed by atoms with Crippen LogP contribution >= 0.6 is 12.2 Å². The second-order valence-electron chi connectivity index (χ2n) is 6.22. The molecule has 29 heavy (non-hydrogen) atoms. The molecular weight excluding hydrogens is 380 g/mol. The topological polar surface area (TPSA) is 48.9 Å². The summed E-state index contributed by atoms with van der Waals surface area (Å²) in [6.07, 6.45) is 1.74. The first-order valence-electron chi connectivity index (χ1n) is 9.34. The van der Waals surface area contributed by atoms with Crippen molar-refractivity contribution < 1.29 is 4.74 Å². The maximum atomic E-state index is 5.15. The van der Waals surface area contributed by atoms with Gasteiger partial charge >= 0.3 is 0 Å². The fourth-order valence-corrected chi connectivity index (χ4v) is 2.94. The van der Waals surface area contributed by atoms with Gasteiger partial charge in [-0.25, -0.2) is 0 Å². The quantitative estimate of drug-likeness (QED) is 0.249. The van der Waals surface area contributed by atoms with Crippen molar-refractivity contribution in [1.82, 2.24) is 10.7 Å². The van der Waals surface area contributed by atoms with E-state index >= 15 is 0 Å². The highest BCUT2D eigenvalue weighted by molar-refractivity contribution is 7.80. The van der Waals surface area contributed by atoms with Gasteiger partial charge in [-0.3, -0.25) is 5.43 Å². The number of hydrogen-bond donors (Lipinski definition) is 2. The van der Waals surface area contributed by atoms with Crippen LogP contribution in [0.25, 0.3) is 0 Å². The highest BCUT2D eigenvalue weighted by atomic mass is 32.1. The molecular formula is C23H24N4OS. The molecule has 0 unspecified atom stereocenters. The highest BCUT2D eigenvalue weighted by Gasteiger charge is 2.11. The second kappa shape index (κ2) is 10.9. The molecule has 0 bridgehead atoms. The summed E-state index contributed by atoms with van der Waals surface area (Å²) in [6.45, 7) is 1.23. The van der Waals surface area contributed by atoms with Crippen molar-refractivity contribution in [3.05, 3.63) is 90.5 Å². The van der Waals surface area contributed by atoms with Gasteiger partial charge in [-0.15, -0.1) is 0 Å². The fraction of sp³-hybridized carbons (Fsp3) is 0.130. The zero-order valence-corrected chi connectivity index (χ0v) is 17.1. The molecule has 0 radical (unpaired) electrons. The molecule has 5 nitrogen and oxygen atoms in total. The number of ether oxygens (including phenoxy) is 1. The van der Waals surface area contributed by atoms with Crippen molar-refractivity contribution in [2.75, 3.05) is 25.2 Å². The van der Waals surface area contributed by atoms with Crippen molar-refractivity contribution in [1.29, 1.82) is 0 Å². The number of benzene rings is 3. The van der Waals surface area contributed by atoms with Crippen LogP contribution in [-0.2, 0) is 4.74 Å². The van der Waals surface area contributed by atoms with E-state index in [4.69, 9.17) is 17.0 Å². The summed E-state index contributed by atoms with van der Waals surface area (Å²) >= 11 is 5.15. The van der Waals surface area contributed by atoms with Crippen LogP contribution in [0, 0.1) is 0 Å². The van der Waals surface area contributed by atoms with Crippen LogP contribution in [0.4, 0.5) is 17.1 Å². The van der Waals surface area contributed by atoms with Gasteiger partial charge in [0.05, 0.1) is 12.8 Å². The van der Waals surface area contributed by atoms with Crippen LogP contribution in [0.1, 0.15) is 5.56 Å². The first-order chi connectivity index (χ1) is 14.3. The predicted octanol–water partition coefficient (Wildman–Crippen LogP) is 4.60. The number of hydrazone groups is 1. The summed E-state index contributed by atoms with van der Waals surface area (Å²) < 4.78 is 4.97. The molecule has 3 aromatic rings. The molecule has 2 N–H and O–H groups in total. The Morgan fingerprint density at radius 1 is 0.897 bits per heavy atom. The minimum absolute atomic E-state index is 0.467. The van der Waals surface area contributed by atoms with Crippen LogP contribution in [0.2, 0.25) is 0 Å². The molecule has 3 rings (SSSR count). The van der Waals surface area contributed by atoms with Crippen LogP contribution < -0.4 is 15.6 Å². The van der Waals surface area contributed by atoms with E-state index in [1.54, 1.807) is 13.3 Å². The lowest BCUT2D eigenvalue weighted by atomic mass is 10.1. The van der Waals surface area contributed by atoms with Gasteiger partial charge in [-0.05, 0) is 54.2 Å². The molecule has 0 saturated carbocycles. The number of anilines is 3. The number of nitrogens with zero attached hydrogens (tertiary/aromatic N) is 2. The summed E-state index contributed by atoms with van der Waals surface area (Å²) in [7, 11) is 1.65. The highest BCUT2D eigenvalue weighted by Crippen LogP contribution is 2.33. The molecule has 0 atom stereocenters. The molecule has 0 spiro atoms. The molecule has 0 saturated heterocycles. The molecule has 0 aliphatic heterocycles. The van der Waals surface area contributed by atoms with E-state index in [0.29, 0.717) is 18.3 Å². The number of thiocarbonyl (C=S) groups is 1. The minimum Gasteiger partial charge on any atom is -0.383 e. The third-order valence-corrected chi connectivity index (χ3v) is 4.39. The normalized spacial score (nSPS) is 10.7. The number of methoxy groups -OCH3 is 1. The maximum absolute atomic E-state index is 5.15. The Morgan fingerprint density at radius 3 is 2.00 bits per heavy atom. The standard InChI is InChI=1S/C23H24N4OS/c1-28-17-16-24-23(29)26-25-18-19-12-14-22(15-13-19)27(20-8-4-2-5-9-20)21-10-6-3-7-11-21/h2-15,18H,16-17H2,1H3,(H2,24,26,29). The van der Waals surface area contributed by atoms with E-state index in [-0.39, 0.29) is 0 Å². The SMILES string of the molecule is COCCNC(=S)NN=Cc1ccc(N(c2ccccc2)c2ccccc2)cc1. The van der Waals surface area contributed by atoms with Gasteiger partial charge in [0.1, 0.15) is 0 Å². The largest absolute Gasteiger partial charge is 0.383 e. The van der Waals surface area contributed by atoms with Gasteiger partial charge in [0, 0.05) is 30.7 Å². The number of hydrogen-bond acceptors (Lipinski definition) is 4. The molecule has 148 valence electrons. The Kier molecular flexibility index (Phi) is 7.74. The van der Waals surface area contributed by atoms with Crippen LogP contribution in [0.15, 0.2) is 90.0 Å². The van der Waals surface area contributed by atoms with E-state index < -0.39 is 0 Å². The monoisotopic (exact) mass is 404 g/mol. The Bertz CT molecular complexity index is 875. The average Bonchev–Trinajstić information content (AvgIpc) is 2.77. The molecule has 0 heterocycles. The first kappa shape index (κ1) is 20.5. The summed E-state index contributed by atoms with van der Waals surface area (Å²) in [6, 6.07) is 28.8. The molecule has 0 aliphatic carbocycles. The third-order valence-electron chi connectivity index (χ3n) is 4.15. The minimum atomic E-state index is 0.467. The van der Waals surface area contributed by atoms with E-state index in [2.05, 4.69) is 57.1 Å². The van der Waals surface area contributed by atoms with E-state index in [1.807, 2.05) is 48.5 Å². The van der Waals surface area contributed by atoms with Gasteiger partial charge in [0.25, 0.3) is 0 Å². The van der Waals surface area contributed by atoms with Crippen molar-refractivity contribution >= 4 is 40.6 Å². The number of nitrogens with one attached hydrogen (secondary N) is 2. The molecule has 0 amide bonds. The van der Waals surface area contributed by atoms with Crippen molar-refractivity contribution in [2.24, 2.45) is 5.10 Å². The van der Waals surface area contributed by atoms with Crippen molar-refractivity contribution in [2.45, 2.75) is 0 Å². The number of rotatable bonds is 8. The van der Waals surface area contributed by atoms with Gasteiger partial charge in [-0.1, -0.05) is 48.5 Å². The molecule has 0 fully saturated rings. The van der Waals surface area contributed by atoms with Gasteiger partial charge in [0.15, 0.2) is 5.11 Å². The lowest BCUT2D eigenvalue weighted by molar-refractivity contribution is 0.204. The molecule has 3 aromatic carbocycles. The average molecular weight is 405 g/mol. The van der Waals surface area contributed by atoms with E-state index in [0.717, 1.165) is 22.6 Å². The smallest absolute Gasteiger partial charge is 0.187 e. The number of para-hydroxylation sites is 2. The summed E-state index contributed by atoms with van der Waals surface area (Å²) in [5.74, 6) is 0.